The first-order valence-electron chi connectivity index (χ1n) is 8.01. The number of hydrogen-bond donors (Lipinski definition) is 0. The average molecular weight is 381 g/mol. The van der Waals surface area contributed by atoms with Crippen LogP contribution in [0.15, 0.2) is 21.4 Å². The van der Waals surface area contributed by atoms with Gasteiger partial charge in [0.05, 0.1) is 33.1 Å². The third-order valence-electron chi connectivity index (χ3n) is 3.49. The van der Waals surface area contributed by atoms with E-state index in [0.29, 0.717) is 5.69 Å². The van der Waals surface area contributed by atoms with Crippen molar-refractivity contribution in [1.82, 2.24) is 5.16 Å². The van der Waals surface area contributed by atoms with Crippen LogP contribution in [0.2, 0.25) is 0 Å². The highest BCUT2D eigenvalue weighted by molar-refractivity contribution is 6.15. The number of methoxy groups -OCH3 is 2. The second-order valence-electron chi connectivity index (χ2n) is 5.08. The number of hydrogen-bond acceptors (Lipinski definition) is 10. The van der Waals surface area contributed by atoms with Crippen LogP contribution < -0.4 is 4.74 Å². The number of aryl methyl sites for hydroxylation is 1. The first-order valence-corrected chi connectivity index (χ1v) is 8.01. The van der Waals surface area contributed by atoms with Gasteiger partial charge in [0.15, 0.2) is 5.76 Å². The quantitative estimate of drug-likeness (QED) is 0.526. The van der Waals surface area contributed by atoms with Crippen molar-refractivity contribution in [2.45, 2.75) is 20.8 Å². The predicted octanol–water partition coefficient (Wildman–Crippen LogP) is 1.29. The van der Waals surface area contributed by atoms with Crippen LogP contribution in [0.25, 0.3) is 5.76 Å². The van der Waals surface area contributed by atoms with E-state index in [4.69, 9.17) is 28.2 Å². The molecule has 2 heterocycles. The molecule has 10 nitrogen and oxygen atoms in total. The maximum atomic E-state index is 12.5. The van der Waals surface area contributed by atoms with Crippen LogP contribution in [0, 0.1) is 6.92 Å². The number of ether oxygens (including phenoxy) is 5. The summed E-state index contributed by atoms with van der Waals surface area (Å²) in [5, 5.41) is 3.76. The molecule has 1 aromatic rings. The highest BCUT2D eigenvalue weighted by atomic mass is 16.6. The van der Waals surface area contributed by atoms with Gasteiger partial charge >= 0.3 is 23.9 Å². The lowest BCUT2D eigenvalue weighted by atomic mass is 10.0. The van der Waals surface area contributed by atoms with Gasteiger partial charge < -0.3 is 28.2 Å². The molecule has 0 bridgehead atoms. The van der Waals surface area contributed by atoms with Crippen LogP contribution >= 0.6 is 0 Å². The number of aromatic nitrogens is 1. The number of carbonyl (C=O) groups excluding carboxylic acids is 3. The summed E-state index contributed by atoms with van der Waals surface area (Å²) in [5.74, 6) is -3.89. The molecule has 1 aliphatic rings. The molecular formula is C17H19NO9. The van der Waals surface area contributed by atoms with Crippen molar-refractivity contribution in [2.75, 3.05) is 27.4 Å². The molecule has 10 heteroatoms. The first-order chi connectivity index (χ1) is 12.9. The highest BCUT2D eigenvalue weighted by Gasteiger charge is 2.41. The molecule has 0 aliphatic carbocycles. The van der Waals surface area contributed by atoms with Gasteiger partial charge in [-0.25, -0.2) is 14.4 Å². The second kappa shape index (κ2) is 8.39. The SMILES string of the molecule is CCOC(=O)C1=C(C(=O)OC)C(C(=O)OC)=C(OCC)c2c(C)noc2O1. The van der Waals surface area contributed by atoms with Crippen molar-refractivity contribution in [3.05, 3.63) is 28.2 Å². The Morgan fingerprint density at radius 3 is 2.15 bits per heavy atom. The van der Waals surface area contributed by atoms with Crippen molar-refractivity contribution < 1.29 is 42.6 Å². The van der Waals surface area contributed by atoms with Crippen molar-refractivity contribution in [3.8, 4) is 5.95 Å². The van der Waals surface area contributed by atoms with Crippen molar-refractivity contribution in [3.63, 3.8) is 0 Å². The van der Waals surface area contributed by atoms with E-state index in [1.54, 1.807) is 20.8 Å². The van der Waals surface area contributed by atoms with Crippen LogP contribution in [0.5, 0.6) is 5.95 Å². The Bertz CT molecular complexity index is 831. The van der Waals surface area contributed by atoms with E-state index < -0.39 is 29.2 Å². The zero-order chi connectivity index (χ0) is 20.1. The molecule has 0 fully saturated rings. The summed E-state index contributed by atoms with van der Waals surface area (Å²) in [5.41, 5.74) is -0.390. The lowest BCUT2D eigenvalue weighted by Crippen LogP contribution is -2.23. The molecule has 0 unspecified atom stereocenters. The zero-order valence-electron chi connectivity index (χ0n) is 15.5. The number of esters is 3. The standard InChI is InChI=1S/C17H19NO9/c1-6-24-12-9-8(3)18-27-17(9)26-13(16(21)25-7-2)11(15(20)23-5)10(12)14(19)22-4/h6-7H2,1-5H3. The van der Waals surface area contributed by atoms with E-state index in [9.17, 15) is 14.4 Å². The number of carbonyl (C=O) groups is 3. The van der Waals surface area contributed by atoms with E-state index in [2.05, 4.69) is 5.16 Å². The maximum absolute atomic E-state index is 12.5. The van der Waals surface area contributed by atoms with Crippen LogP contribution in [0.1, 0.15) is 25.1 Å². The van der Waals surface area contributed by atoms with Crippen LogP contribution in [-0.4, -0.2) is 50.5 Å². The summed E-state index contributed by atoms with van der Waals surface area (Å²) < 4.78 is 30.6. The largest absolute Gasteiger partial charge is 0.492 e. The van der Waals surface area contributed by atoms with E-state index >= 15 is 0 Å². The molecule has 146 valence electrons. The maximum Gasteiger partial charge on any atom is 0.375 e. The van der Waals surface area contributed by atoms with Crippen molar-refractivity contribution in [2.24, 2.45) is 0 Å². The zero-order valence-corrected chi connectivity index (χ0v) is 15.5. The van der Waals surface area contributed by atoms with Gasteiger partial charge in [-0.3, -0.25) is 0 Å². The molecule has 2 rings (SSSR count). The minimum absolute atomic E-state index is 0.00196. The summed E-state index contributed by atoms with van der Waals surface area (Å²) in [7, 11) is 2.20. The van der Waals surface area contributed by atoms with Gasteiger partial charge in [0, 0.05) is 0 Å². The predicted molar refractivity (Wildman–Crippen MR) is 88.1 cm³/mol. The van der Waals surface area contributed by atoms with Gasteiger partial charge in [0.2, 0.25) is 5.76 Å². The Labute approximate surface area is 154 Å². The van der Waals surface area contributed by atoms with E-state index in [0.717, 1.165) is 14.2 Å². The van der Waals surface area contributed by atoms with Gasteiger partial charge in [-0.2, -0.15) is 0 Å². The molecule has 0 radical (unpaired) electrons. The monoisotopic (exact) mass is 381 g/mol. The summed E-state index contributed by atoms with van der Waals surface area (Å²) in [6.45, 7) is 4.94. The third kappa shape index (κ3) is 3.64. The molecular weight excluding hydrogens is 362 g/mol. The first kappa shape index (κ1) is 20.0. The fourth-order valence-electron chi connectivity index (χ4n) is 2.39. The Hall–Kier alpha value is -3.30. The summed E-state index contributed by atoms with van der Waals surface area (Å²) in [4.78, 5) is 37.4. The fourth-order valence-corrected chi connectivity index (χ4v) is 2.39. The van der Waals surface area contributed by atoms with Crippen LogP contribution in [0.4, 0.5) is 0 Å². The molecule has 1 aromatic heterocycles. The van der Waals surface area contributed by atoms with Crippen molar-refractivity contribution >= 4 is 23.7 Å². The minimum Gasteiger partial charge on any atom is -0.492 e. The molecule has 0 spiro atoms. The average Bonchev–Trinajstić information content (AvgIpc) is 2.94. The van der Waals surface area contributed by atoms with Gasteiger partial charge in [0.1, 0.15) is 16.7 Å². The Morgan fingerprint density at radius 2 is 1.59 bits per heavy atom. The van der Waals surface area contributed by atoms with Gasteiger partial charge in [-0.15, -0.1) is 0 Å². The molecule has 27 heavy (non-hydrogen) atoms. The molecule has 0 atom stereocenters. The van der Waals surface area contributed by atoms with E-state index in [1.165, 1.54) is 0 Å². The lowest BCUT2D eigenvalue weighted by molar-refractivity contribution is -0.143. The number of fused-ring (bicyclic) bond motifs is 1. The molecule has 1 aliphatic heterocycles. The third-order valence-corrected chi connectivity index (χ3v) is 3.49. The molecule has 0 aromatic carbocycles. The normalized spacial score (nSPS) is 13.4. The molecule has 0 amide bonds. The number of nitrogens with zero attached hydrogens (tertiary/aromatic N) is 1. The van der Waals surface area contributed by atoms with Gasteiger partial charge in [-0.05, 0) is 20.8 Å². The fraction of sp³-hybridized carbons (Fsp3) is 0.412. The van der Waals surface area contributed by atoms with Crippen molar-refractivity contribution in [1.29, 1.82) is 0 Å². The molecule has 0 saturated heterocycles. The Balaban J connectivity index is 2.93. The second-order valence-corrected chi connectivity index (χ2v) is 5.08. The Kier molecular flexibility index (Phi) is 6.22. The van der Waals surface area contributed by atoms with E-state index in [1.807, 2.05) is 0 Å². The molecule has 0 N–H and O–H groups in total. The van der Waals surface area contributed by atoms with Gasteiger partial charge in [-0.1, -0.05) is 5.16 Å². The van der Waals surface area contributed by atoms with E-state index in [-0.39, 0.29) is 36.1 Å². The Morgan fingerprint density at radius 1 is 0.963 bits per heavy atom. The van der Waals surface area contributed by atoms with Crippen LogP contribution in [0.3, 0.4) is 0 Å². The minimum atomic E-state index is -1.02. The molecule has 0 saturated carbocycles. The highest BCUT2D eigenvalue weighted by Crippen LogP contribution is 2.40. The van der Waals surface area contributed by atoms with Gasteiger partial charge in [0.25, 0.3) is 0 Å². The number of rotatable bonds is 6. The summed E-state index contributed by atoms with van der Waals surface area (Å²) in [6.07, 6.45) is 0. The summed E-state index contributed by atoms with van der Waals surface area (Å²) >= 11 is 0. The smallest absolute Gasteiger partial charge is 0.375 e. The van der Waals surface area contributed by atoms with Crippen LogP contribution in [-0.2, 0) is 33.3 Å². The topological polar surface area (TPSA) is 123 Å². The lowest BCUT2D eigenvalue weighted by Gasteiger charge is -2.14. The summed E-state index contributed by atoms with van der Waals surface area (Å²) in [6, 6.07) is 0.